The average Bonchev–Trinajstić information content (AvgIpc) is 2.89. The number of nitrogens with one attached hydrogen (secondary N) is 2. The van der Waals surface area contributed by atoms with Crippen molar-refractivity contribution in [2.75, 3.05) is 0 Å². The zero-order chi connectivity index (χ0) is 19.1. The van der Waals surface area contributed by atoms with Crippen LogP contribution in [0.25, 0.3) is 0 Å². The molecule has 0 spiro atoms. The van der Waals surface area contributed by atoms with Crippen LogP contribution in [-0.4, -0.2) is 15.2 Å². The Balaban J connectivity index is 2.27. The van der Waals surface area contributed by atoms with E-state index in [1.807, 2.05) is 19.9 Å². The van der Waals surface area contributed by atoms with E-state index in [0.717, 1.165) is 23.4 Å². The van der Waals surface area contributed by atoms with Crippen molar-refractivity contribution >= 4 is 0 Å². The molecule has 0 amide bonds. The van der Waals surface area contributed by atoms with Crippen molar-refractivity contribution in [3.8, 4) is 0 Å². The van der Waals surface area contributed by atoms with E-state index in [2.05, 4.69) is 15.2 Å². The van der Waals surface area contributed by atoms with Gasteiger partial charge in [0.25, 0.3) is 5.56 Å². The van der Waals surface area contributed by atoms with Crippen LogP contribution >= 0.6 is 0 Å². The molecule has 0 fully saturated rings. The highest BCUT2D eigenvalue weighted by Crippen LogP contribution is 2.36. The lowest BCUT2D eigenvalue weighted by atomic mass is 9.87. The van der Waals surface area contributed by atoms with E-state index in [1.54, 1.807) is 19.1 Å². The van der Waals surface area contributed by atoms with Crippen LogP contribution in [-0.2, 0) is 6.18 Å². The standard InChI is InChI=1S/C19H18F3N3O/c1-10-7-11(2)23-17(10)16(15-8-12(3)24-25-18(15)26)13-5-4-6-14(9-13)19(20,21)22/h4-9,16,23H,1-3H3,(H,25,26). The van der Waals surface area contributed by atoms with Crippen molar-refractivity contribution < 1.29 is 13.2 Å². The summed E-state index contributed by atoms with van der Waals surface area (Å²) >= 11 is 0. The third kappa shape index (κ3) is 3.42. The lowest BCUT2D eigenvalue weighted by molar-refractivity contribution is -0.137. The smallest absolute Gasteiger partial charge is 0.361 e. The maximum atomic E-state index is 13.2. The van der Waals surface area contributed by atoms with E-state index in [4.69, 9.17) is 0 Å². The van der Waals surface area contributed by atoms with Crippen molar-refractivity contribution in [2.45, 2.75) is 32.9 Å². The Morgan fingerprint density at radius 3 is 2.42 bits per heavy atom. The van der Waals surface area contributed by atoms with Crippen LogP contribution in [0, 0.1) is 20.8 Å². The lowest BCUT2D eigenvalue weighted by Gasteiger charge is -2.19. The quantitative estimate of drug-likeness (QED) is 0.734. The second kappa shape index (κ2) is 6.48. The molecule has 0 radical (unpaired) electrons. The first-order valence-corrected chi connectivity index (χ1v) is 8.06. The second-order valence-electron chi connectivity index (χ2n) is 6.40. The molecule has 26 heavy (non-hydrogen) atoms. The SMILES string of the molecule is Cc1cc(C(c2cccc(C(F)(F)F)c2)c2[nH]c(C)cc2C)c(=O)[nH]n1. The molecule has 1 aromatic carbocycles. The van der Waals surface area contributed by atoms with Gasteiger partial charge in [-0.05, 0) is 50.1 Å². The summed E-state index contributed by atoms with van der Waals surface area (Å²) in [6, 6.07) is 8.59. The highest BCUT2D eigenvalue weighted by molar-refractivity contribution is 5.45. The van der Waals surface area contributed by atoms with Crippen LogP contribution < -0.4 is 5.56 Å². The Bertz CT molecular complexity index is 1000. The summed E-state index contributed by atoms with van der Waals surface area (Å²) in [6.45, 7) is 5.44. The van der Waals surface area contributed by atoms with E-state index in [0.29, 0.717) is 22.5 Å². The van der Waals surface area contributed by atoms with Gasteiger partial charge in [0.1, 0.15) is 0 Å². The molecule has 0 aliphatic heterocycles. The minimum absolute atomic E-state index is 0.349. The van der Waals surface area contributed by atoms with Crippen molar-refractivity contribution in [1.82, 2.24) is 15.2 Å². The number of hydrogen-bond donors (Lipinski definition) is 2. The average molecular weight is 361 g/mol. The molecular formula is C19H18F3N3O. The molecule has 7 heteroatoms. The van der Waals surface area contributed by atoms with Gasteiger partial charge in [-0.15, -0.1) is 0 Å². The number of rotatable bonds is 3. The van der Waals surface area contributed by atoms with Crippen LogP contribution in [0.5, 0.6) is 0 Å². The molecular weight excluding hydrogens is 343 g/mol. The largest absolute Gasteiger partial charge is 0.416 e. The highest BCUT2D eigenvalue weighted by atomic mass is 19.4. The van der Waals surface area contributed by atoms with E-state index in [-0.39, 0.29) is 0 Å². The van der Waals surface area contributed by atoms with Crippen LogP contribution in [0.3, 0.4) is 0 Å². The topological polar surface area (TPSA) is 61.5 Å². The zero-order valence-corrected chi connectivity index (χ0v) is 14.5. The van der Waals surface area contributed by atoms with Gasteiger partial charge in [0.05, 0.1) is 17.2 Å². The van der Waals surface area contributed by atoms with E-state index in [9.17, 15) is 18.0 Å². The number of nitrogens with zero attached hydrogens (tertiary/aromatic N) is 1. The number of aromatic nitrogens is 3. The van der Waals surface area contributed by atoms with Gasteiger partial charge in [-0.3, -0.25) is 4.79 Å². The van der Waals surface area contributed by atoms with E-state index < -0.39 is 23.2 Å². The number of halogens is 3. The maximum Gasteiger partial charge on any atom is 0.416 e. The number of aryl methyl sites for hydroxylation is 3. The van der Waals surface area contributed by atoms with Crippen LogP contribution in [0.4, 0.5) is 13.2 Å². The number of alkyl halides is 3. The van der Waals surface area contributed by atoms with Crippen LogP contribution in [0.2, 0.25) is 0 Å². The van der Waals surface area contributed by atoms with E-state index in [1.165, 1.54) is 6.07 Å². The first-order chi connectivity index (χ1) is 12.2. The normalized spacial score (nSPS) is 13.0. The molecule has 0 bridgehead atoms. The molecule has 3 aromatic rings. The molecule has 2 heterocycles. The van der Waals surface area contributed by atoms with Crippen molar-refractivity contribution in [1.29, 1.82) is 0 Å². The first kappa shape index (κ1) is 18.0. The second-order valence-corrected chi connectivity index (χ2v) is 6.40. The van der Waals surface area contributed by atoms with Gasteiger partial charge in [-0.1, -0.05) is 18.2 Å². The molecule has 1 unspecified atom stereocenters. The maximum absolute atomic E-state index is 13.2. The Kier molecular flexibility index (Phi) is 4.48. The fourth-order valence-electron chi connectivity index (χ4n) is 3.19. The number of hydrogen-bond acceptors (Lipinski definition) is 2. The van der Waals surface area contributed by atoms with Crippen molar-refractivity contribution in [3.63, 3.8) is 0 Å². The summed E-state index contributed by atoms with van der Waals surface area (Å²) in [7, 11) is 0. The number of benzene rings is 1. The minimum atomic E-state index is -4.46. The van der Waals surface area contributed by atoms with Gasteiger partial charge in [0.15, 0.2) is 0 Å². The third-order valence-corrected chi connectivity index (χ3v) is 4.30. The summed E-state index contributed by atoms with van der Waals surface area (Å²) in [4.78, 5) is 15.6. The number of aromatic amines is 2. The molecule has 4 nitrogen and oxygen atoms in total. The summed E-state index contributed by atoms with van der Waals surface area (Å²) in [5, 5.41) is 6.28. The molecule has 2 aromatic heterocycles. The Hall–Kier alpha value is -2.83. The molecule has 136 valence electrons. The predicted molar refractivity (Wildman–Crippen MR) is 92.3 cm³/mol. The van der Waals surface area contributed by atoms with Gasteiger partial charge in [0.2, 0.25) is 0 Å². The van der Waals surface area contributed by atoms with Gasteiger partial charge in [-0.2, -0.15) is 18.3 Å². The molecule has 0 aliphatic carbocycles. The van der Waals surface area contributed by atoms with Crippen molar-refractivity contribution in [2.24, 2.45) is 0 Å². The zero-order valence-electron chi connectivity index (χ0n) is 14.5. The minimum Gasteiger partial charge on any atom is -0.361 e. The van der Waals surface area contributed by atoms with Gasteiger partial charge in [0, 0.05) is 17.0 Å². The van der Waals surface area contributed by atoms with Crippen LogP contribution in [0.15, 0.2) is 41.2 Å². The molecule has 0 aliphatic rings. The Labute approximate surface area is 148 Å². The molecule has 2 N–H and O–H groups in total. The Morgan fingerprint density at radius 2 is 1.81 bits per heavy atom. The van der Waals surface area contributed by atoms with Crippen molar-refractivity contribution in [3.05, 3.63) is 86.1 Å². The summed E-state index contributed by atoms with van der Waals surface area (Å²) < 4.78 is 39.5. The fraction of sp³-hybridized carbons (Fsp3) is 0.263. The van der Waals surface area contributed by atoms with E-state index >= 15 is 0 Å². The monoisotopic (exact) mass is 361 g/mol. The Morgan fingerprint density at radius 1 is 1.08 bits per heavy atom. The molecule has 0 saturated heterocycles. The van der Waals surface area contributed by atoms with Crippen LogP contribution in [0.1, 0.15) is 45.3 Å². The first-order valence-electron chi connectivity index (χ1n) is 8.06. The third-order valence-electron chi connectivity index (χ3n) is 4.30. The molecule has 1 atom stereocenters. The highest BCUT2D eigenvalue weighted by Gasteiger charge is 2.32. The molecule has 3 rings (SSSR count). The lowest BCUT2D eigenvalue weighted by Crippen LogP contribution is -2.21. The fourth-order valence-corrected chi connectivity index (χ4v) is 3.19. The summed E-state index contributed by atoms with van der Waals surface area (Å²) in [5.41, 5.74) is 2.58. The molecule has 0 saturated carbocycles. The van der Waals surface area contributed by atoms with Gasteiger partial charge in [-0.25, -0.2) is 5.10 Å². The predicted octanol–water partition coefficient (Wildman–Crippen LogP) is 4.22. The summed E-state index contributed by atoms with van der Waals surface area (Å²) in [6.07, 6.45) is -4.46. The van der Waals surface area contributed by atoms with Gasteiger partial charge < -0.3 is 4.98 Å². The number of H-pyrrole nitrogens is 2. The summed E-state index contributed by atoms with van der Waals surface area (Å²) in [5.74, 6) is -0.656. The van der Waals surface area contributed by atoms with Gasteiger partial charge >= 0.3 is 6.18 Å².